The van der Waals surface area contributed by atoms with E-state index >= 15 is 0 Å². The predicted molar refractivity (Wildman–Crippen MR) is 104 cm³/mol. The van der Waals surface area contributed by atoms with Crippen LogP contribution in [0, 0.1) is 0 Å². The number of fused-ring (bicyclic) bond motifs is 1. The van der Waals surface area contributed by atoms with Crippen LogP contribution in [0.3, 0.4) is 0 Å². The zero-order valence-electron chi connectivity index (χ0n) is 17.5. The molecule has 1 saturated heterocycles. The van der Waals surface area contributed by atoms with E-state index in [1.54, 1.807) is 6.07 Å². The van der Waals surface area contributed by atoms with Crippen molar-refractivity contribution in [3.05, 3.63) is 29.2 Å². The maximum Gasteiger partial charge on any atom is 0.408 e. The van der Waals surface area contributed by atoms with Crippen LogP contribution in [0.2, 0.25) is 0 Å². The van der Waals surface area contributed by atoms with Gasteiger partial charge in [-0.1, -0.05) is 0 Å². The fourth-order valence-electron chi connectivity index (χ4n) is 4.04. The number of hydrogen-bond acceptors (Lipinski definition) is 8. The molecule has 0 spiro atoms. The average Bonchev–Trinajstić information content (AvgIpc) is 3.21. The van der Waals surface area contributed by atoms with E-state index in [2.05, 4.69) is 30.7 Å². The van der Waals surface area contributed by atoms with Crippen molar-refractivity contribution < 1.29 is 37.7 Å². The number of H-pyrrole nitrogens is 1. The van der Waals surface area contributed by atoms with Gasteiger partial charge in [0.1, 0.15) is 17.9 Å². The first kappa shape index (κ1) is 21.7. The van der Waals surface area contributed by atoms with Crippen molar-refractivity contribution in [2.75, 3.05) is 11.9 Å². The summed E-state index contributed by atoms with van der Waals surface area (Å²) in [5, 5.41) is 25.9. The van der Waals surface area contributed by atoms with Crippen molar-refractivity contribution in [2.24, 2.45) is 7.05 Å². The summed E-state index contributed by atoms with van der Waals surface area (Å²) < 4.78 is 40.9. The monoisotopic (exact) mass is 468 g/mol. The van der Waals surface area contributed by atoms with Crippen molar-refractivity contribution in [1.29, 1.82) is 0 Å². The second-order valence-electron chi connectivity index (χ2n) is 8.56. The van der Waals surface area contributed by atoms with Crippen LogP contribution in [-0.2, 0) is 27.9 Å². The summed E-state index contributed by atoms with van der Waals surface area (Å²) in [4.78, 5) is 24.5. The number of nitrogens with zero attached hydrogens (tertiary/aromatic N) is 3. The Morgan fingerprint density at radius 3 is 2.88 bits per heavy atom. The predicted octanol–water partition coefficient (Wildman–Crippen LogP) is 0.968. The molecule has 3 fully saturated rings. The third-order valence-corrected chi connectivity index (χ3v) is 6.11. The number of alkyl halides is 2. The molecule has 2 saturated carbocycles. The molecule has 12 nitrogen and oxygen atoms in total. The molecule has 0 radical (unpaired) electrons. The van der Waals surface area contributed by atoms with Crippen LogP contribution in [0.4, 0.5) is 19.4 Å². The lowest BCUT2D eigenvalue weighted by Gasteiger charge is -2.12. The first-order chi connectivity index (χ1) is 15.7. The van der Waals surface area contributed by atoms with Crippen molar-refractivity contribution >= 4 is 17.8 Å². The maximum absolute atomic E-state index is 12.5. The highest BCUT2D eigenvalue weighted by molar-refractivity contribution is 6.02. The topological polar surface area (TPSA) is 153 Å². The third kappa shape index (κ3) is 4.28. The van der Waals surface area contributed by atoms with Crippen molar-refractivity contribution in [3.63, 3.8) is 0 Å². The van der Waals surface area contributed by atoms with Crippen molar-refractivity contribution in [3.8, 4) is 0 Å². The van der Waals surface area contributed by atoms with Crippen molar-refractivity contribution in [1.82, 2.24) is 25.3 Å². The zero-order valence-corrected chi connectivity index (χ0v) is 17.5. The van der Waals surface area contributed by atoms with Crippen LogP contribution in [-0.4, -0.2) is 67.5 Å². The number of anilines is 1. The van der Waals surface area contributed by atoms with Crippen LogP contribution in [0.1, 0.15) is 47.2 Å². The third-order valence-electron chi connectivity index (χ3n) is 6.11. The van der Waals surface area contributed by atoms with Gasteiger partial charge < -0.3 is 30.0 Å². The minimum atomic E-state index is -2.93. The maximum atomic E-state index is 12.5. The number of carbonyl (C=O) groups is 2. The number of alkyl carbamates (subject to hydrolysis) is 1. The molecule has 2 aromatic rings. The lowest BCUT2D eigenvalue weighted by atomic mass is 10.1. The van der Waals surface area contributed by atoms with Gasteiger partial charge in [0, 0.05) is 32.4 Å². The summed E-state index contributed by atoms with van der Waals surface area (Å²) in [5.74, 6) is -0.302. The van der Waals surface area contributed by atoms with E-state index in [0.717, 1.165) is 0 Å². The fourth-order valence-corrected chi connectivity index (χ4v) is 4.04. The molecule has 2 aromatic heterocycles. The molecule has 1 aliphatic heterocycles. The lowest BCUT2D eigenvalue weighted by molar-refractivity contribution is -0.138. The summed E-state index contributed by atoms with van der Waals surface area (Å²) in [7, 11) is 1.51. The highest BCUT2D eigenvalue weighted by Crippen LogP contribution is 2.70. The van der Waals surface area contributed by atoms with Gasteiger partial charge in [-0.15, -0.1) is 0 Å². The largest absolute Gasteiger partial charge is 0.444 e. The highest BCUT2D eigenvalue weighted by Gasteiger charge is 2.84. The number of hydrogen-bond donors (Lipinski definition) is 4. The van der Waals surface area contributed by atoms with Crippen LogP contribution < -0.4 is 10.6 Å². The Morgan fingerprint density at radius 1 is 1.42 bits per heavy atom. The SMILES string of the molecule is Cn1nc(COC(F)F)cc1C(=O)Nc1cc([C@@H]2C[C@H](OC(=O)NC34CC3(O)C4)CO2)[nH]n1. The summed E-state index contributed by atoms with van der Waals surface area (Å²) in [6, 6.07) is 2.94. The van der Waals surface area contributed by atoms with E-state index in [-0.39, 0.29) is 23.8 Å². The van der Waals surface area contributed by atoms with Crippen molar-refractivity contribution in [2.45, 2.75) is 55.8 Å². The fraction of sp³-hybridized carbons (Fsp3) is 0.579. The van der Waals surface area contributed by atoms with Gasteiger partial charge in [-0.25, -0.2) is 4.79 Å². The standard InChI is InChI=1S/C19H22F2N6O6/c1-27-12(2-9(26-27)5-32-16(20)21)15(28)22-14-4-11(24-25-14)13-3-10(6-31-13)33-17(29)23-18-7-19(18,30)8-18/h2,4,10,13,16,30H,3,5-8H2,1H3,(H,23,29)(H2,22,24,25,28)/t10-,13-,18?,19?/m0/s1. The quantitative estimate of drug-likeness (QED) is 0.447. The Kier molecular flexibility index (Phi) is 5.10. The van der Waals surface area contributed by atoms with E-state index in [4.69, 9.17) is 9.47 Å². The van der Waals surface area contributed by atoms with E-state index in [0.29, 0.717) is 25.0 Å². The molecule has 3 heterocycles. The molecule has 4 N–H and O–H groups in total. The molecule has 0 aromatic carbocycles. The molecule has 2 amide bonds. The van der Waals surface area contributed by atoms with Gasteiger partial charge in [0.2, 0.25) is 0 Å². The second-order valence-corrected chi connectivity index (χ2v) is 8.56. The molecule has 5 rings (SSSR count). The number of aryl methyl sites for hydroxylation is 1. The molecular formula is C19H22F2N6O6. The summed E-state index contributed by atoms with van der Waals surface area (Å²) in [5.41, 5.74) is -0.322. The minimum absolute atomic E-state index is 0.140. The number of aromatic amines is 1. The van der Waals surface area contributed by atoms with Gasteiger partial charge in [-0.05, 0) is 6.07 Å². The number of carbonyl (C=O) groups excluding carboxylic acids is 2. The Balaban J connectivity index is 1.12. The van der Waals surface area contributed by atoms with Gasteiger partial charge in [-0.3, -0.25) is 14.6 Å². The normalized spacial score (nSPS) is 29.6. The summed E-state index contributed by atoms with van der Waals surface area (Å²) in [6.07, 6.45) is 0.0743. The van der Waals surface area contributed by atoms with Gasteiger partial charge in [0.25, 0.3) is 5.91 Å². The van der Waals surface area contributed by atoms with E-state index in [9.17, 15) is 23.5 Å². The van der Waals surface area contributed by atoms with E-state index in [1.807, 2.05) is 0 Å². The van der Waals surface area contributed by atoms with Crippen LogP contribution >= 0.6 is 0 Å². The molecule has 2 aliphatic carbocycles. The average molecular weight is 468 g/mol. The smallest absolute Gasteiger partial charge is 0.408 e. The zero-order chi connectivity index (χ0) is 23.4. The first-order valence-electron chi connectivity index (χ1n) is 10.3. The Labute approximate surface area is 185 Å². The number of aromatic nitrogens is 4. The van der Waals surface area contributed by atoms with E-state index in [1.165, 1.54) is 17.8 Å². The highest BCUT2D eigenvalue weighted by atomic mass is 19.3. The van der Waals surface area contributed by atoms with Crippen LogP contribution in [0.5, 0.6) is 0 Å². The van der Waals surface area contributed by atoms with E-state index < -0.39 is 48.6 Å². The minimum Gasteiger partial charge on any atom is -0.444 e. The number of rotatable bonds is 8. The Hall–Kier alpha value is -3.10. The number of aliphatic hydroxyl groups is 1. The molecule has 3 aliphatic rings. The number of nitrogens with one attached hydrogen (secondary N) is 3. The molecular weight excluding hydrogens is 446 g/mol. The number of halogens is 2. The molecule has 0 bridgehead atoms. The van der Waals surface area contributed by atoms with Gasteiger partial charge in [0.15, 0.2) is 5.82 Å². The molecule has 0 unspecified atom stereocenters. The molecule has 14 heteroatoms. The molecule has 2 atom stereocenters. The molecule has 33 heavy (non-hydrogen) atoms. The van der Waals surface area contributed by atoms with Crippen LogP contribution in [0.25, 0.3) is 0 Å². The van der Waals surface area contributed by atoms with Gasteiger partial charge in [-0.2, -0.15) is 19.0 Å². The lowest BCUT2D eigenvalue weighted by Crippen LogP contribution is -2.34. The number of amides is 2. The first-order valence-corrected chi connectivity index (χ1v) is 10.3. The Morgan fingerprint density at radius 2 is 2.18 bits per heavy atom. The van der Waals surface area contributed by atoms with Gasteiger partial charge >= 0.3 is 12.7 Å². The second kappa shape index (κ2) is 7.74. The van der Waals surface area contributed by atoms with Crippen LogP contribution in [0.15, 0.2) is 12.1 Å². The summed E-state index contributed by atoms with van der Waals surface area (Å²) >= 11 is 0. The molecule has 178 valence electrons. The summed E-state index contributed by atoms with van der Waals surface area (Å²) in [6.45, 7) is -3.15. The van der Waals surface area contributed by atoms with Gasteiger partial charge in [0.05, 0.1) is 35.7 Å². The number of ether oxygens (including phenoxy) is 3. The Bertz CT molecular complexity index is 1080.